The first-order chi connectivity index (χ1) is 43.0. The van der Waals surface area contributed by atoms with Crippen LogP contribution in [0.3, 0.4) is 0 Å². The van der Waals surface area contributed by atoms with Crippen LogP contribution in [-0.4, -0.2) is 47.4 Å². The number of hydrogen-bond donors (Lipinski definition) is 3. The lowest BCUT2D eigenvalue weighted by Gasteiger charge is -2.20. The molecule has 0 bridgehead atoms. The molecule has 0 saturated carbocycles. The van der Waals surface area contributed by atoms with Crippen LogP contribution < -0.4 is 5.32 Å². The molecule has 0 fully saturated rings. The molecule has 1 amide bonds. The average molecular weight is 1220 g/mol. The van der Waals surface area contributed by atoms with Crippen molar-refractivity contribution >= 4 is 11.9 Å². The lowest BCUT2D eigenvalue weighted by molar-refractivity contribution is -0.143. The van der Waals surface area contributed by atoms with Crippen LogP contribution in [0.2, 0.25) is 0 Å². The number of aliphatic hydroxyl groups excluding tert-OH is 2. The van der Waals surface area contributed by atoms with Crippen LogP contribution in [0.1, 0.15) is 444 Å². The molecule has 0 aliphatic carbocycles. The SMILES string of the molecule is CCCCCCCC/C=C\CCCCCCCCCCCC(=O)OCCCCCCCCCCCCCC/C=C\CCCCCCCCCCCCCCCCCCC(=O)NC(CO)C(O)/C=C/CCCCCCCCCCCCCCCCCCC. The van der Waals surface area contributed by atoms with E-state index >= 15 is 0 Å². The molecule has 0 spiro atoms. The van der Waals surface area contributed by atoms with E-state index in [0.717, 1.165) is 38.5 Å². The Labute approximate surface area is 544 Å². The van der Waals surface area contributed by atoms with Crippen LogP contribution in [0.4, 0.5) is 0 Å². The van der Waals surface area contributed by atoms with Crippen LogP contribution in [0.15, 0.2) is 36.5 Å². The van der Waals surface area contributed by atoms with Gasteiger partial charge in [0.2, 0.25) is 5.91 Å². The fraction of sp³-hybridized carbons (Fsp3) is 0.901. The maximum atomic E-state index is 12.5. The zero-order valence-corrected chi connectivity index (χ0v) is 59.0. The molecule has 0 radical (unpaired) electrons. The predicted octanol–water partition coefficient (Wildman–Crippen LogP) is 26.2. The van der Waals surface area contributed by atoms with E-state index in [1.807, 2.05) is 6.08 Å². The fourth-order valence-electron chi connectivity index (χ4n) is 12.6. The van der Waals surface area contributed by atoms with E-state index in [0.29, 0.717) is 19.4 Å². The Hall–Kier alpha value is -1.92. The number of nitrogens with one attached hydrogen (secondary N) is 1. The van der Waals surface area contributed by atoms with Gasteiger partial charge in [-0.15, -0.1) is 0 Å². The summed E-state index contributed by atoms with van der Waals surface area (Å²) < 4.78 is 5.52. The molecular formula is C81H155NO5. The van der Waals surface area contributed by atoms with E-state index in [9.17, 15) is 19.8 Å². The largest absolute Gasteiger partial charge is 0.466 e. The van der Waals surface area contributed by atoms with Gasteiger partial charge in [0, 0.05) is 12.8 Å². The highest BCUT2D eigenvalue weighted by Gasteiger charge is 2.18. The van der Waals surface area contributed by atoms with Crippen molar-refractivity contribution in [3.63, 3.8) is 0 Å². The summed E-state index contributed by atoms with van der Waals surface area (Å²) in [6.45, 7) is 4.95. The number of hydrogen-bond acceptors (Lipinski definition) is 5. The Morgan fingerprint density at radius 3 is 0.816 bits per heavy atom. The topological polar surface area (TPSA) is 95.9 Å². The Kier molecular flexibility index (Phi) is 74.8. The van der Waals surface area contributed by atoms with Crippen LogP contribution in [0.5, 0.6) is 0 Å². The minimum Gasteiger partial charge on any atom is -0.466 e. The molecule has 6 heteroatoms. The second kappa shape index (κ2) is 76.5. The molecule has 0 aromatic heterocycles. The number of unbranched alkanes of at least 4 members (excludes halogenated alkanes) is 60. The third-order valence-corrected chi connectivity index (χ3v) is 18.6. The summed E-state index contributed by atoms with van der Waals surface area (Å²) in [5.74, 6) is -0.0431. The second-order valence-electron chi connectivity index (χ2n) is 27.4. The quantitative estimate of drug-likeness (QED) is 0.0320. The highest BCUT2D eigenvalue weighted by Crippen LogP contribution is 2.19. The molecule has 0 saturated heterocycles. The number of amides is 1. The predicted molar refractivity (Wildman–Crippen MR) is 384 cm³/mol. The van der Waals surface area contributed by atoms with Crippen LogP contribution >= 0.6 is 0 Å². The van der Waals surface area contributed by atoms with E-state index in [1.165, 1.54) is 379 Å². The van der Waals surface area contributed by atoms with Crippen molar-refractivity contribution in [1.29, 1.82) is 0 Å². The van der Waals surface area contributed by atoms with Gasteiger partial charge in [0.15, 0.2) is 0 Å². The zero-order valence-electron chi connectivity index (χ0n) is 59.0. The average Bonchev–Trinajstić information content (AvgIpc) is 3.54. The van der Waals surface area contributed by atoms with Gasteiger partial charge in [-0.3, -0.25) is 9.59 Å². The molecule has 0 heterocycles. The molecule has 0 aromatic rings. The molecule has 0 aromatic carbocycles. The first kappa shape index (κ1) is 85.1. The van der Waals surface area contributed by atoms with Crippen molar-refractivity contribution in [1.82, 2.24) is 5.32 Å². The molecule has 3 N–H and O–H groups in total. The van der Waals surface area contributed by atoms with Crippen LogP contribution in [-0.2, 0) is 14.3 Å². The van der Waals surface area contributed by atoms with Crippen molar-refractivity contribution in [3.8, 4) is 0 Å². The third-order valence-electron chi connectivity index (χ3n) is 18.6. The summed E-state index contributed by atoms with van der Waals surface area (Å²) >= 11 is 0. The lowest BCUT2D eigenvalue weighted by atomic mass is 10.0. The summed E-state index contributed by atoms with van der Waals surface area (Å²) in [4.78, 5) is 24.7. The number of esters is 1. The maximum absolute atomic E-state index is 12.5. The first-order valence-electron chi connectivity index (χ1n) is 39.8. The lowest BCUT2D eigenvalue weighted by Crippen LogP contribution is -2.45. The molecule has 2 atom stereocenters. The van der Waals surface area contributed by atoms with Gasteiger partial charge in [-0.25, -0.2) is 0 Å². The molecule has 0 aliphatic heterocycles. The van der Waals surface area contributed by atoms with Gasteiger partial charge in [0.1, 0.15) is 0 Å². The van der Waals surface area contributed by atoms with E-state index in [4.69, 9.17) is 4.74 Å². The molecule has 2 unspecified atom stereocenters. The Morgan fingerprint density at radius 1 is 0.310 bits per heavy atom. The van der Waals surface area contributed by atoms with Crippen molar-refractivity contribution in [2.75, 3.05) is 13.2 Å². The third kappa shape index (κ3) is 73.0. The fourth-order valence-corrected chi connectivity index (χ4v) is 12.6. The summed E-state index contributed by atoms with van der Waals surface area (Å²) in [6.07, 6.45) is 99.8. The van der Waals surface area contributed by atoms with Gasteiger partial charge in [0.05, 0.1) is 25.4 Å². The van der Waals surface area contributed by atoms with Crippen molar-refractivity contribution < 1.29 is 24.5 Å². The normalized spacial score (nSPS) is 12.6. The summed E-state index contributed by atoms with van der Waals surface area (Å²) in [5.41, 5.74) is 0. The highest BCUT2D eigenvalue weighted by atomic mass is 16.5. The molecule has 514 valence electrons. The standard InChI is InChI=1S/C81H155NO5/c1-3-5-7-9-11-13-15-17-19-21-37-41-45-49-53-57-61-65-69-73-79(84)78(77-83)82-80(85)74-70-66-62-58-54-50-46-42-39-35-33-31-29-27-25-23-24-26-28-30-32-34-36-40-44-48-52-56-60-64-68-72-76-87-81(86)75-71-67-63-59-55-51-47-43-38-22-20-18-16-14-12-10-8-6-4-2/h18,20,26,28,69,73,78-79,83-84H,3-17,19,21-25,27,29-68,70-72,74-77H2,1-2H3,(H,82,85)/b20-18-,28-26-,73-69+. The van der Waals surface area contributed by atoms with Crippen LogP contribution in [0, 0.1) is 0 Å². The number of aliphatic hydroxyl groups is 2. The Bertz CT molecular complexity index is 1410. The first-order valence-corrected chi connectivity index (χ1v) is 39.8. The van der Waals surface area contributed by atoms with Gasteiger partial charge in [-0.2, -0.15) is 0 Å². The minimum absolute atomic E-state index is 0.0183. The number of carbonyl (C=O) groups is 2. The van der Waals surface area contributed by atoms with E-state index in [-0.39, 0.29) is 18.5 Å². The highest BCUT2D eigenvalue weighted by molar-refractivity contribution is 5.76. The van der Waals surface area contributed by atoms with E-state index in [2.05, 4.69) is 43.5 Å². The maximum Gasteiger partial charge on any atom is 0.305 e. The summed E-state index contributed by atoms with van der Waals surface area (Å²) in [5, 5.41) is 23.3. The van der Waals surface area contributed by atoms with Gasteiger partial charge >= 0.3 is 5.97 Å². The van der Waals surface area contributed by atoms with Crippen LogP contribution in [0.25, 0.3) is 0 Å². The van der Waals surface area contributed by atoms with Crippen molar-refractivity contribution in [2.45, 2.75) is 456 Å². The molecule has 87 heavy (non-hydrogen) atoms. The molecule has 0 rings (SSSR count). The van der Waals surface area contributed by atoms with Gasteiger partial charge < -0.3 is 20.3 Å². The van der Waals surface area contributed by atoms with E-state index < -0.39 is 12.1 Å². The molecule has 0 aliphatic rings. The van der Waals surface area contributed by atoms with Crippen molar-refractivity contribution in [2.24, 2.45) is 0 Å². The van der Waals surface area contributed by atoms with E-state index in [1.54, 1.807) is 6.08 Å². The Morgan fingerprint density at radius 2 is 0.540 bits per heavy atom. The van der Waals surface area contributed by atoms with Gasteiger partial charge in [0.25, 0.3) is 0 Å². The zero-order chi connectivity index (χ0) is 62.8. The minimum atomic E-state index is -0.844. The number of rotatable bonds is 75. The second-order valence-corrected chi connectivity index (χ2v) is 27.4. The number of allylic oxidation sites excluding steroid dienone is 5. The summed E-state index contributed by atoms with van der Waals surface area (Å²) in [7, 11) is 0. The van der Waals surface area contributed by atoms with Crippen molar-refractivity contribution in [3.05, 3.63) is 36.5 Å². The number of carbonyl (C=O) groups excluding carboxylic acids is 2. The summed E-state index contributed by atoms with van der Waals surface area (Å²) in [6, 6.07) is -0.627. The molecular weight excluding hydrogens is 1070 g/mol. The van der Waals surface area contributed by atoms with Gasteiger partial charge in [-0.1, -0.05) is 384 Å². The monoisotopic (exact) mass is 1220 g/mol. The Balaban J connectivity index is 3.36. The smallest absolute Gasteiger partial charge is 0.305 e. The van der Waals surface area contributed by atoms with Gasteiger partial charge in [-0.05, 0) is 83.5 Å². The number of ether oxygens (including phenoxy) is 1. The molecule has 6 nitrogen and oxygen atoms in total.